The Morgan fingerprint density at radius 3 is 2.00 bits per heavy atom. The average molecular weight is 281 g/mol. The number of ether oxygens (including phenoxy) is 1. The van der Waals surface area contributed by atoms with Gasteiger partial charge in [0.15, 0.2) is 0 Å². The van der Waals surface area contributed by atoms with Crippen LogP contribution in [0.5, 0.6) is 5.75 Å². The molecule has 0 saturated carbocycles. The van der Waals surface area contributed by atoms with Gasteiger partial charge in [-0.1, -0.05) is 81.5 Å². The van der Waals surface area contributed by atoms with Crippen molar-refractivity contribution in [2.75, 3.05) is 6.61 Å². The largest absolute Gasteiger partial charge is 0.494 e. The van der Waals surface area contributed by atoms with Crippen molar-refractivity contribution in [1.82, 2.24) is 0 Å². The zero-order valence-corrected chi connectivity index (χ0v) is 12.8. The molecule has 0 spiro atoms. The van der Waals surface area contributed by atoms with Crippen LogP contribution < -0.4 is 4.74 Å². The highest BCUT2D eigenvalue weighted by molar-refractivity contribution is 5.63. The van der Waals surface area contributed by atoms with Crippen molar-refractivity contribution in [3.8, 4) is 16.9 Å². The lowest BCUT2D eigenvalue weighted by Crippen LogP contribution is -1.97. The van der Waals surface area contributed by atoms with E-state index in [1.807, 2.05) is 6.07 Å². The number of hydrogen-bond donors (Lipinski definition) is 0. The topological polar surface area (TPSA) is 9.23 Å². The van der Waals surface area contributed by atoms with Crippen molar-refractivity contribution in [3.05, 3.63) is 61.5 Å². The van der Waals surface area contributed by atoms with Gasteiger partial charge >= 0.3 is 0 Å². The lowest BCUT2D eigenvalue weighted by molar-refractivity contribution is 0.304. The highest BCUT2D eigenvalue weighted by Gasteiger charge is 1.98. The molecule has 0 fully saturated rings. The third-order valence-electron chi connectivity index (χ3n) is 3.62. The van der Waals surface area contributed by atoms with Gasteiger partial charge in [0.05, 0.1) is 6.61 Å². The predicted octanol–water partition coefficient (Wildman–Crippen LogP) is 5.91. The standard InChI is InChI=1S/C20H25O/c1-2-3-4-5-6-10-17-21-20-15-13-19(14-16-20)18-11-8-7-9-12-18/h7-9,11-16H,1-6,10,17H2. The average Bonchev–Trinajstić information content (AvgIpc) is 2.55. The second-order valence-electron chi connectivity index (χ2n) is 5.36. The quantitative estimate of drug-likeness (QED) is 0.519. The van der Waals surface area contributed by atoms with Crippen LogP contribution in [-0.2, 0) is 0 Å². The van der Waals surface area contributed by atoms with E-state index >= 15 is 0 Å². The van der Waals surface area contributed by atoms with Gasteiger partial charge < -0.3 is 4.74 Å². The summed E-state index contributed by atoms with van der Waals surface area (Å²) in [6.45, 7) is 4.68. The Labute approximate surface area is 129 Å². The second-order valence-corrected chi connectivity index (χ2v) is 5.36. The Bertz CT molecular complexity index is 487. The molecule has 1 heteroatoms. The number of hydrogen-bond acceptors (Lipinski definition) is 1. The van der Waals surface area contributed by atoms with Crippen molar-refractivity contribution in [2.45, 2.75) is 38.5 Å². The lowest BCUT2D eigenvalue weighted by Gasteiger charge is -2.07. The van der Waals surface area contributed by atoms with Gasteiger partial charge in [-0.15, -0.1) is 0 Å². The monoisotopic (exact) mass is 281 g/mol. The van der Waals surface area contributed by atoms with E-state index in [0.29, 0.717) is 0 Å². The fourth-order valence-electron chi connectivity index (χ4n) is 2.37. The van der Waals surface area contributed by atoms with Crippen molar-refractivity contribution in [2.24, 2.45) is 0 Å². The first kappa shape index (κ1) is 15.6. The first-order chi connectivity index (χ1) is 10.4. The number of rotatable bonds is 9. The second kappa shape index (κ2) is 9.23. The molecule has 1 nitrogen and oxygen atoms in total. The van der Waals surface area contributed by atoms with Crippen LogP contribution in [0, 0.1) is 6.92 Å². The summed E-state index contributed by atoms with van der Waals surface area (Å²) in [7, 11) is 0. The molecule has 0 aliphatic carbocycles. The van der Waals surface area contributed by atoms with E-state index in [-0.39, 0.29) is 0 Å². The predicted molar refractivity (Wildman–Crippen MR) is 90.4 cm³/mol. The van der Waals surface area contributed by atoms with Gasteiger partial charge in [0, 0.05) is 0 Å². The SMILES string of the molecule is [CH2]CCCCCCCOc1ccc(-c2ccccc2)cc1. The molecule has 0 aromatic heterocycles. The minimum Gasteiger partial charge on any atom is -0.494 e. The Morgan fingerprint density at radius 1 is 0.667 bits per heavy atom. The maximum Gasteiger partial charge on any atom is 0.119 e. The van der Waals surface area contributed by atoms with Gasteiger partial charge in [-0.3, -0.25) is 0 Å². The molecular formula is C20H25O. The summed E-state index contributed by atoms with van der Waals surface area (Å²) in [5.41, 5.74) is 2.48. The molecule has 0 unspecified atom stereocenters. The molecule has 0 bridgehead atoms. The molecule has 0 saturated heterocycles. The van der Waals surface area contributed by atoms with Gasteiger partial charge in [0.1, 0.15) is 5.75 Å². The number of unbranched alkanes of at least 4 members (excludes halogenated alkanes) is 5. The minimum absolute atomic E-state index is 0.815. The van der Waals surface area contributed by atoms with Crippen LogP contribution in [0.3, 0.4) is 0 Å². The zero-order valence-electron chi connectivity index (χ0n) is 12.8. The Balaban J connectivity index is 1.71. The highest BCUT2D eigenvalue weighted by Crippen LogP contribution is 2.22. The normalized spacial score (nSPS) is 10.5. The van der Waals surface area contributed by atoms with Gasteiger partial charge in [-0.25, -0.2) is 0 Å². The van der Waals surface area contributed by atoms with E-state index in [2.05, 4.69) is 55.5 Å². The van der Waals surface area contributed by atoms with E-state index < -0.39 is 0 Å². The molecule has 0 aliphatic heterocycles. The fourth-order valence-corrected chi connectivity index (χ4v) is 2.37. The summed E-state index contributed by atoms with van der Waals surface area (Å²) in [5.74, 6) is 0.965. The van der Waals surface area contributed by atoms with Crippen molar-refractivity contribution in [1.29, 1.82) is 0 Å². The van der Waals surface area contributed by atoms with E-state index in [0.717, 1.165) is 25.2 Å². The molecule has 2 aromatic carbocycles. The zero-order chi connectivity index (χ0) is 14.8. The highest BCUT2D eigenvalue weighted by atomic mass is 16.5. The maximum atomic E-state index is 5.79. The van der Waals surface area contributed by atoms with Crippen molar-refractivity contribution < 1.29 is 4.74 Å². The van der Waals surface area contributed by atoms with E-state index in [9.17, 15) is 0 Å². The minimum atomic E-state index is 0.815. The lowest BCUT2D eigenvalue weighted by atomic mass is 10.1. The van der Waals surface area contributed by atoms with Crippen LogP contribution in [0.4, 0.5) is 0 Å². The van der Waals surface area contributed by atoms with Crippen LogP contribution >= 0.6 is 0 Å². The molecule has 2 aromatic rings. The Kier molecular flexibility index (Phi) is 6.87. The molecule has 0 N–H and O–H groups in total. The Morgan fingerprint density at radius 2 is 1.29 bits per heavy atom. The first-order valence-corrected chi connectivity index (χ1v) is 7.97. The van der Waals surface area contributed by atoms with E-state index in [1.54, 1.807) is 0 Å². The molecule has 0 aliphatic rings. The molecule has 111 valence electrons. The van der Waals surface area contributed by atoms with Crippen LogP contribution in [0.2, 0.25) is 0 Å². The molecule has 21 heavy (non-hydrogen) atoms. The molecule has 1 radical (unpaired) electrons. The fraction of sp³-hybridized carbons (Fsp3) is 0.350. The summed E-state index contributed by atoms with van der Waals surface area (Å²) in [6.07, 6.45) is 7.30. The van der Waals surface area contributed by atoms with Crippen molar-refractivity contribution >= 4 is 0 Å². The third-order valence-corrected chi connectivity index (χ3v) is 3.62. The van der Waals surface area contributed by atoms with Crippen LogP contribution in [-0.4, -0.2) is 6.61 Å². The van der Waals surface area contributed by atoms with Gasteiger partial charge in [-0.2, -0.15) is 0 Å². The van der Waals surface area contributed by atoms with Crippen molar-refractivity contribution in [3.63, 3.8) is 0 Å². The summed E-state index contributed by atoms with van der Waals surface area (Å²) in [4.78, 5) is 0. The molecule has 0 amide bonds. The first-order valence-electron chi connectivity index (χ1n) is 7.97. The molecule has 0 heterocycles. The molecular weight excluding hydrogens is 256 g/mol. The van der Waals surface area contributed by atoms with E-state index in [1.165, 1.54) is 36.8 Å². The molecule has 2 rings (SSSR count). The summed E-state index contributed by atoms with van der Waals surface area (Å²) < 4.78 is 5.79. The van der Waals surface area contributed by atoms with E-state index in [4.69, 9.17) is 4.74 Å². The summed E-state index contributed by atoms with van der Waals surface area (Å²) in [5, 5.41) is 0. The van der Waals surface area contributed by atoms with Gasteiger partial charge in [-0.05, 0) is 29.7 Å². The smallest absolute Gasteiger partial charge is 0.119 e. The third kappa shape index (κ3) is 5.63. The van der Waals surface area contributed by atoms with Crippen LogP contribution in [0.1, 0.15) is 38.5 Å². The van der Waals surface area contributed by atoms with Crippen LogP contribution in [0.25, 0.3) is 11.1 Å². The maximum absolute atomic E-state index is 5.79. The number of benzene rings is 2. The van der Waals surface area contributed by atoms with Crippen LogP contribution in [0.15, 0.2) is 54.6 Å². The Hall–Kier alpha value is -1.76. The molecule has 0 atom stereocenters. The summed E-state index contributed by atoms with van der Waals surface area (Å²) in [6, 6.07) is 18.8. The van der Waals surface area contributed by atoms with Gasteiger partial charge in [0.25, 0.3) is 0 Å². The van der Waals surface area contributed by atoms with Gasteiger partial charge in [0.2, 0.25) is 0 Å². The summed E-state index contributed by atoms with van der Waals surface area (Å²) >= 11 is 0.